The van der Waals surface area contributed by atoms with E-state index in [1.54, 1.807) is 10.9 Å². The van der Waals surface area contributed by atoms with E-state index in [4.69, 9.17) is 16.0 Å². The van der Waals surface area contributed by atoms with E-state index in [0.717, 1.165) is 6.26 Å². The summed E-state index contributed by atoms with van der Waals surface area (Å²) < 4.78 is 29.6. The molecule has 0 aliphatic heterocycles. The van der Waals surface area contributed by atoms with E-state index in [-0.39, 0.29) is 17.5 Å². The van der Waals surface area contributed by atoms with Gasteiger partial charge in [-0.25, -0.2) is 18.1 Å². The van der Waals surface area contributed by atoms with Gasteiger partial charge in [0.05, 0.1) is 22.2 Å². The molecule has 116 valence electrons. The summed E-state index contributed by atoms with van der Waals surface area (Å²) >= 11 is 6.35. The maximum Gasteiger partial charge on any atom is 0.250 e. The summed E-state index contributed by atoms with van der Waals surface area (Å²) in [5.41, 5.74) is 1.10. The molecule has 0 atom stereocenters. The molecule has 22 heavy (non-hydrogen) atoms. The fraction of sp³-hybridized carbons (Fsp3) is 0.333. The normalized spacial score (nSPS) is 12.1. The van der Waals surface area contributed by atoms with Crippen molar-refractivity contribution in [2.45, 2.75) is 19.2 Å². The maximum atomic E-state index is 11.2. The second-order valence-electron chi connectivity index (χ2n) is 4.75. The minimum atomic E-state index is -3.25. The van der Waals surface area contributed by atoms with Crippen molar-refractivity contribution in [3.05, 3.63) is 23.3 Å². The van der Waals surface area contributed by atoms with Crippen LogP contribution in [0.4, 0.5) is 0 Å². The molecule has 0 aromatic carbocycles. The highest BCUT2D eigenvalue weighted by Gasteiger charge is 2.18. The van der Waals surface area contributed by atoms with Crippen molar-refractivity contribution in [2.24, 2.45) is 0 Å². The number of aryl methyl sites for hydroxylation is 1. The first-order valence-corrected chi connectivity index (χ1v) is 8.83. The Balaban J connectivity index is 2.05. The van der Waals surface area contributed by atoms with Crippen LogP contribution in [0, 0.1) is 0 Å². The van der Waals surface area contributed by atoms with Crippen LogP contribution in [-0.4, -0.2) is 39.6 Å². The molecule has 0 aliphatic carbocycles. The largest absolute Gasteiger partial charge is 0.419 e. The van der Waals surface area contributed by atoms with Crippen LogP contribution < -0.4 is 0 Å². The van der Waals surface area contributed by atoms with E-state index in [0.29, 0.717) is 28.2 Å². The third kappa shape index (κ3) is 2.69. The van der Waals surface area contributed by atoms with Gasteiger partial charge in [-0.2, -0.15) is 5.10 Å². The summed E-state index contributed by atoms with van der Waals surface area (Å²) in [6, 6.07) is 0. The first-order chi connectivity index (χ1) is 10.4. The third-order valence-corrected chi connectivity index (χ3v) is 4.16. The number of aromatic nitrogens is 5. The quantitative estimate of drug-likeness (QED) is 0.711. The smallest absolute Gasteiger partial charge is 0.250 e. The van der Waals surface area contributed by atoms with Crippen LogP contribution in [0.25, 0.3) is 22.5 Å². The fourth-order valence-electron chi connectivity index (χ4n) is 2.02. The Kier molecular flexibility index (Phi) is 3.61. The number of hydrogen-bond donors (Lipinski definition) is 0. The molecular formula is C12H12ClN5O3S. The van der Waals surface area contributed by atoms with Crippen LogP contribution in [0.15, 0.2) is 16.8 Å². The van der Waals surface area contributed by atoms with Gasteiger partial charge in [-0.1, -0.05) is 11.6 Å². The average molecular weight is 342 g/mol. The van der Waals surface area contributed by atoms with Crippen molar-refractivity contribution in [3.8, 4) is 11.5 Å². The summed E-state index contributed by atoms with van der Waals surface area (Å²) in [6.07, 6.45) is 4.22. The predicted octanol–water partition coefficient (Wildman–Crippen LogP) is 1.70. The Bertz CT molecular complexity index is 947. The van der Waals surface area contributed by atoms with E-state index < -0.39 is 9.84 Å². The minimum Gasteiger partial charge on any atom is -0.419 e. The number of sulfone groups is 1. The second kappa shape index (κ2) is 5.33. The van der Waals surface area contributed by atoms with Crippen LogP contribution in [-0.2, 0) is 22.1 Å². The molecule has 10 heteroatoms. The van der Waals surface area contributed by atoms with E-state index >= 15 is 0 Å². The Morgan fingerprint density at radius 1 is 1.32 bits per heavy atom. The van der Waals surface area contributed by atoms with Gasteiger partial charge in [0, 0.05) is 19.0 Å². The molecule has 0 N–H and O–H groups in total. The fourth-order valence-corrected chi connectivity index (χ4v) is 2.85. The molecule has 0 saturated carbocycles. The van der Waals surface area contributed by atoms with Crippen molar-refractivity contribution in [3.63, 3.8) is 0 Å². The Labute approximate surface area is 131 Å². The molecule has 0 saturated heterocycles. The van der Waals surface area contributed by atoms with Crippen LogP contribution in [0.5, 0.6) is 0 Å². The van der Waals surface area contributed by atoms with Crippen molar-refractivity contribution in [2.75, 3.05) is 6.26 Å². The van der Waals surface area contributed by atoms with E-state index in [2.05, 4.69) is 20.3 Å². The van der Waals surface area contributed by atoms with Gasteiger partial charge in [0.25, 0.3) is 5.89 Å². The van der Waals surface area contributed by atoms with Gasteiger partial charge in [-0.05, 0) is 6.92 Å². The molecule has 3 heterocycles. The lowest BCUT2D eigenvalue weighted by atomic mass is 10.2. The average Bonchev–Trinajstić information content (AvgIpc) is 3.04. The molecule has 0 amide bonds. The topological polar surface area (TPSA) is 104 Å². The first kappa shape index (κ1) is 14.9. The number of hydrogen-bond acceptors (Lipinski definition) is 7. The second-order valence-corrected chi connectivity index (χ2v) is 7.27. The van der Waals surface area contributed by atoms with Gasteiger partial charge in [0.15, 0.2) is 15.5 Å². The van der Waals surface area contributed by atoms with Crippen molar-refractivity contribution < 1.29 is 12.8 Å². The van der Waals surface area contributed by atoms with Gasteiger partial charge in [0.1, 0.15) is 5.75 Å². The summed E-state index contributed by atoms with van der Waals surface area (Å²) in [5.74, 6) is -0.179. The molecule has 0 aliphatic rings. The molecule has 0 unspecified atom stereocenters. The molecule has 3 aromatic rings. The molecular weight excluding hydrogens is 330 g/mol. The van der Waals surface area contributed by atoms with E-state index in [1.807, 2.05) is 6.92 Å². The van der Waals surface area contributed by atoms with Crippen molar-refractivity contribution >= 4 is 32.5 Å². The summed E-state index contributed by atoms with van der Waals surface area (Å²) in [4.78, 5) is 4.30. The number of fused-ring (bicyclic) bond motifs is 1. The number of pyridine rings is 1. The maximum absolute atomic E-state index is 11.2. The van der Waals surface area contributed by atoms with Gasteiger partial charge >= 0.3 is 0 Å². The van der Waals surface area contributed by atoms with Gasteiger partial charge in [0.2, 0.25) is 5.89 Å². The van der Waals surface area contributed by atoms with E-state index in [1.165, 1.54) is 6.20 Å². The minimum absolute atomic E-state index is 0.0120. The first-order valence-electron chi connectivity index (χ1n) is 6.39. The molecule has 0 spiro atoms. The lowest BCUT2D eigenvalue weighted by molar-refractivity contribution is 0.519. The number of rotatable bonds is 4. The molecule has 8 nitrogen and oxygen atoms in total. The van der Waals surface area contributed by atoms with Gasteiger partial charge < -0.3 is 4.42 Å². The van der Waals surface area contributed by atoms with Crippen LogP contribution >= 0.6 is 11.6 Å². The van der Waals surface area contributed by atoms with Crippen LogP contribution in [0.3, 0.4) is 0 Å². The van der Waals surface area contributed by atoms with Crippen LogP contribution in [0.1, 0.15) is 12.8 Å². The highest BCUT2D eigenvalue weighted by Crippen LogP contribution is 2.32. The van der Waals surface area contributed by atoms with Gasteiger partial charge in [-0.15, -0.1) is 10.2 Å². The Hall–Kier alpha value is -2.00. The zero-order chi connectivity index (χ0) is 15.9. The van der Waals surface area contributed by atoms with Crippen LogP contribution in [0.2, 0.25) is 5.02 Å². The van der Waals surface area contributed by atoms with Crippen molar-refractivity contribution in [1.82, 2.24) is 25.0 Å². The van der Waals surface area contributed by atoms with Gasteiger partial charge in [-0.3, -0.25) is 0 Å². The summed E-state index contributed by atoms with van der Waals surface area (Å²) in [5, 5.41) is 12.8. The van der Waals surface area contributed by atoms with E-state index in [9.17, 15) is 8.42 Å². The Morgan fingerprint density at radius 2 is 2.09 bits per heavy atom. The lowest BCUT2D eigenvalue weighted by Crippen LogP contribution is -2.00. The zero-order valence-electron chi connectivity index (χ0n) is 11.8. The van der Waals surface area contributed by atoms with Crippen molar-refractivity contribution in [1.29, 1.82) is 0 Å². The molecule has 3 rings (SSSR count). The monoisotopic (exact) mass is 341 g/mol. The highest BCUT2D eigenvalue weighted by molar-refractivity contribution is 7.89. The molecule has 0 radical (unpaired) electrons. The summed E-state index contributed by atoms with van der Waals surface area (Å²) in [6.45, 7) is 2.62. The number of nitrogens with zero attached hydrogens (tertiary/aromatic N) is 5. The highest BCUT2D eigenvalue weighted by atomic mass is 35.5. The lowest BCUT2D eigenvalue weighted by Gasteiger charge is -2.01. The SMILES string of the molecule is CCn1ncc2c(Cl)c(-c3nnc(CS(C)(=O)=O)o3)cnc21. The number of halogens is 1. The predicted molar refractivity (Wildman–Crippen MR) is 80.1 cm³/mol. The molecule has 3 aromatic heterocycles. The Morgan fingerprint density at radius 3 is 2.77 bits per heavy atom. The standard InChI is InChI=1S/C12H12ClN5O3S/c1-3-18-11-7(5-15-18)10(13)8(4-14-11)12-17-16-9(21-12)6-22(2,19)20/h4-5H,3,6H2,1-2H3. The zero-order valence-corrected chi connectivity index (χ0v) is 13.4. The third-order valence-electron chi connectivity index (χ3n) is 2.98. The summed E-state index contributed by atoms with van der Waals surface area (Å²) in [7, 11) is -3.25. The molecule has 0 fully saturated rings. The molecule has 0 bridgehead atoms.